The van der Waals surface area contributed by atoms with E-state index in [9.17, 15) is 0 Å². The molecule has 6 heteroatoms. The fourth-order valence-corrected chi connectivity index (χ4v) is 8.74. The first-order chi connectivity index (χ1) is 22.9. The van der Waals surface area contributed by atoms with Crippen LogP contribution in [0.3, 0.4) is 0 Å². The smallest absolute Gasteiger partial charge is 0.150 e. The van der Waals surface area contributed by atoms with Crippen molar-refractivity contribution in [3.63, 3.8) is 0 Å². The topological polar surface area (TPSA) is 34.0 Å². The molecule has 0 spiro atoms. The zero-order valence-electron chi connectivity index (χ0n) is 26.3. The second-order valence-corrected chi connectivity index (χ2v) is 13.9. The summed E-state index contributed by atoms with van der Waals surface area (Å²) < 4.78 is 21.2. The number of pyridine rings is 1. The molecule has 228 valence electrons. The highest BCUT2D eigenvalue weighted by Gasteiger charge is 2.40. The van der Waals surface area contributed by atoms with Crippen LogP contribution in [-0.4, -0.2) is 14.5 Å². The first-order valence-electron chi connectivity index (χ1n) is 15.9. The third kappa shape index (κ3) is 4.18. The van der Waals surface area contributed by atoms with Crippen LogP contribution in [0.1, 0.15) is 42.3 Å². The van der Waals surface area contributed by atoms with Gasteiger partial charge in [0.1, 0.15) is 11.6 Å². The molecule has 0 amide bonds. The maximum Gasteiger partial charge on any atom is 0.150 e. The van der Waals surface area contributed by atoms with Gasteiger partial charge in [-0.1, -0.05) is 92.7 Å². The lowest BCUT2D eigenvalue weighted by Crippen LogP contribution is -2.31. The minimum absolute atomic E-state index is 0.285. The van der Waals surface area contributed by atoms with Crippen LogP contribution in [0, 0.1) is 0 Å². The molecule has 4 heterocycles. The lowest BCUT2D eigenvalue weighted by atomic mass is 9.74. The summed E-state index contributed by atoms with van der Waals surface area (Å²) in [6, 6.07) is 40.7. The van der Waals surface area contributed by atoms with Crippen molar-refractivity contribution in [1.82, 2.24) is 14.5 Å². The number of para-hydroxylation sites is 3. The molecule has 3 aromatic heterocycles. The number of hydrogen-bond donors (Lipinski definition) is 0. The highest BCUT2D eigenvalue weighted by Crippen LogP contribution is 2.55. The van der Waals surface area contributed by atoms with Gasteiger partial charge in [-0.2, -0.15) is 0 Å². The molecule has 0 bridgehead atoms. The predicted octanol–water partition coefficient (Wildman–Crippen LogP) is 11.2. The lowest BCUT2D eigenvalue weighted by Gasteiger charge is -2.41. The number of anilines is 3. The highest BCUT2D eigenvalue weighted by atomic mass is 32.1. The van der Waals surface area contributed by atoms with E-state index < -0.39 is 6.17 Å². The number of thiophene rings is 1. The number of imidazole rings is 1. The van der Waals surface area contributed by atoms with Crippen molar-refractivity contribution >= 4 is 59.7 Å². The molecule has 1 unspecified atom stereocenters. The van der Waals surface area contributed by atoms with E-state index in [4.69, 9.17) is 9.97 Å². The molecule has 0 radical (unpaired) electrons. The molecule has 0 N–H and O–H groups in total. The Morgan fingerprint density at radius 3 is 2.38 bits per heavy atom. The van der Waals surface area contributed by atoms with E-state index in [-0.39, 0.29) is 5.41 Å². The first-order valence-corrected chi connectivity index (χ1v) is 16.7. The Morgan fingerprint density at radius 1 is 0.766 bits per heavy atom. The van der Waals surface area contributed by atoms with Crippen LogP contribution in [0.25, 0.3) is 42.6 Å². The quantitative estimate of drug-likeness (QED) is 0.194. The van der Waals surface area contributed by atoms with Gasteiger partial charge in [0.05, 0.1) is 16.7 Å². The van der Waals surface area contributed by atoms with Crippen molar-refractivity contribution in [3.05, 3.63) is 150 Å². The van der Waals surface area contributed by atoms with Gasteiger partial charge in [0, 0.05) is 55.6 Å². The zero-order chi connectivity index (χ0) is 31.9. The summed E-state index contributed by atoms with van der Waals surface area (Å²) in [4.78, 5) is 12.2. The standard InChI is InChI=1S/C41H31FN4S/c1-41(2)31-17-5-7-19-33(31)46(40-36(41)38-30(24-43-40)29-16-4-9-21-35(29)47-38)28-15-11-13-26(23-28)37(42)25-12-10-14-27(22-25)39-44-32-18-6-8-20-34(32)45(39)3/h4-24,37H,1-3H3. The summed E-state index contributed by atoms with van der Waals surface area (Å²) >= 11 is 1.82. The maximum atomic E-state index is 16.6. The number of alkyl halides is 1. The van der Waals surface area contributed by atoms with Crippen LogP contribution >= 0.6 is 11.3 Å². The highest BCUT2D eigenvalue weighted by molar-refractivity contribution is 7.26. The third-order valence-corrected chi connectivity index (χ3v) is 10.9. The van der Waals surface area contributed by atoms with Crippen molar-refractivity contribution in [2.45, 2.75) is 25.4 Å². The summed E-state index contributed by atoms with van der Waals surface area (Å²) in [5.41, 5.74) is 8.13. The van der Waals surface area contributed by atoms with E-state index in [0.29, 0.717) is 11.1 Å². The monoisotopic (exact) mass is 630 g/mol. The number of fused-ring (bicyclic) bond motifs is 7. The first kappa shape index (κ1) is 27.9. The van der Waals surface area contributed by atoms with E-state index >= 15 is 4.39 Å². The fourth-order valence-electron chi connectivity index (χ4n) is 7.36. The number of benzene rings is 5. The second kappa shape index (κ2) is 10.3. The predicted molar refractivity (Wildman–Crippen MR) is 193 cm³/mol. The molecule has 0 saturated carbocycles. The molecule has 4 nitrogen and oxygen atoms in total. The summed E-state index contributed by atoms with van der Waals surface area (Å²) in [5.74, 6) is 1.71. The molecule has 1 aliphatic heterocycles. The van der Waals surface area contributed by atoms with Crippen LogP contribution in [0.5, 0.6) is 0 Å². The Bertz CT molecular complexity index is 2510. The van der Waals surface area contributed by atoms with Gasteiger partial charge in [0.25, 0.3) is 0 Å². The number of aromatic nitrogens is 3. The third-order valence-electron chi connectivity index (χ3n) is 9.70. The summed E-state index contributed by atoms with van der Waals surface area (Å²) in [5, 5.41) is 2.40. The second-order valence-electron chi connectivity index (χ2n) is 12.8. The van der Waals surface area contributed by atoms with E-state index in [2.05, 4.69) is 84.0 Å². The number of hydrogen-bond acceptors (Lipinski definition) is 4. The molecule has 1 atom stereocenters. The lowest BCUT2D eigenvalue weighted by molar-refractivity contribution is 0.402. The van der Waals surface area contributed by atoms with Crippen molar-refractivity contribution in [2.24, 2.45) is 7.05 Å². The van der Waals surface area contributed by atoms with Crippen molar-refractivity contribution in [2.75, 3.05) is 4.90 Å². The molecule has 5 aromatic carbocycles. The van der Waals surface area contributed by atoms with Crippen molar-refractivity contribution in [1.29, 1.82) is 0 Å². The minimum Gasteiger partial charge on any atom is -0.327 e. The van der Waals surface area contributed by atoms with Crippen LogP contribution in [0.4, 0.5) is 21.6 Å². The van der Waals surface area contributed by atoms with Gasteiger partial charge in [-0.15, -0.1) is 11.3 Å². The van der Waals surface area contributed by atoms with Crippen LogP contribution in [0.15, 0.2) is 128 Å². The van der Waals surface area contributed by atoms with Gasteiger partial charge in [-0.25, -0.2) is 14.4 Å². The Morgan fingerprint density at radius 2 is 1.51 bits per heavy atom. The Balaban J connectivity index is 1.17. The SMILES string of the molecule is Cn1c(-c2cccc(C(F)c3cccc(N4c5ccccc5C(C)(C)c5c4ncc4c5sc5ccccc54)c3)c2)nc2ccccc21. The van der Waals surface area contributed by atoms with Crippen molar-refractivity contribution < 1.29 is 4.39 Å². The minimum atomic E-state index is -1.32. The Hall–Kier alpha value is -5.33. The summed E-state index contributed by atoms with van der Waals surface area (Å²) in [7, 11) is 2.00. The average Bonchev–Trinajstić information content (AvgIpc) is 3.65. The normalized spacial score (nSPS) is 14.4. The van der Waals surface area contributed by atoms with Gasteiger partial charge in [-0.05, 0) is 59.2 Å². The molecule has 9 rings (SSSR count). The number of rotatable bonds is 4. The molecular weight excluding hydrogens is 600 g/mol. The van der Waals surface area contributed by atoms with E-state index in [1.165, 1.54) is 31.3 Å². The van der Waals surface area contributed by atoms with Gasteiger partial charge in [-0.3, -0.25) is 4.90 Å². The van der Waals surface area contributed by atoms with Crippen molar-refractivity contribution in [3.8, 4) is 11.4 Å². The van der Waals surface area contributed by atoms with E-state index in [0.717, 1.165) is 39.6 Å². The number of aryl methyl sites for hydroxylation is 1. The number of nitrogens with zero attached hydrogens (tertiary/aromatic N) is 4. The van der Waals surface area contributed by atoms with Gasteiger partial charge >= 0.3 is 0 Å². The fraction of sp³-hybridized carbons (Fsp3) is 0.122. The molecule has 0 saturated heterocycles. The van der Waals surface area contributed by atoms with Gasteiger partial charge in [0.15, 0.2) is 6.17 Å². The Labute approximate surface area is 276 Å². The van der Waals surface area contributed by atoms with Crippen LogP contribution < -0.4 is 4.90 Å². The Kier molecular flexibility index (Phi) is 6.15. The zero-order valence-corrected chi connectivity index (χ0v) is 27.1. The molecule has 0 aliphatic carbocycles. The van der Waals surface area contributed by atoms with Crippen LogP contribution in [0.2, 0.25) is 0 Å². The largest absolute Gasteiger partial charge is 0.327 e. The van der Waals surface area contributed by atoms with E-state index in [1.54, 1.807) is 0 Å². The summed E-state index contributed by atoms with van der Waals surface area (Å²) in [6.45, 7) is 4.58. The average molecular weight is 631 g/mol. The van der Waals surface area contributed by atoms with Crippen LogP contribution in [-0.2, 0) is 12.5 Å². The molecule has 47 heavy (non-hydrogen) atoms. The van der Waals surface area contributed by atoms with Gasteiger partial charge in [0.2, 0.25) is 0 Å². The molecule has 8 aromatic rings. The maximum absolute atomic E-state index is 16.6. The molecular formula is C41H31FN4S. The van der Waals surface area contributed by atoms with E-state index in [1.807, 2.05) is 85.2 Å². The molecule has 0 fully saturated rings. The van der Waals surface area contributed by atoms with Gasteiger partial charge < -0.3 is 4.57 Å². The number of halogens is 1. The summed E-state index contributed by atoms with van der Waals surface area (Å²) in [6.07, 6.45) is 0.691. The molecule has 1 aliphatic rings.